The third-order valence-corrected chi connectivity index (χ3v) is 4.62. The Balaban J connectivity index is 1.80. The van der Waals surface area contributed by atoms with Crippen molar-refractivity contribution in [2.45, 2.75) is 37.3 Å². The van der Waals surface area contributed by atoms with E-state index in [0.717, 1.165) is 0 Å². The topological polar surface area (TPSA) is 185 Å². The highest BCUT2D eigenvalue weighted by Crippen LogP contribution is 2.32. The average molecular weight is 451 g/mol. The highest BCUT2D eigenvalue weighted by atomic mass is 19.4. The summed E-state index contributed by atoms with van der Waals surface area (Å²) in [5.41, 5.74) is 5.18. The number of nitrogens with zero attached hydrogens (tertiary/aromatic N) is 2. The molecule has 1 aliphatic heterocycles. The van der Waals surface area contributed by atoms with E-state index in [-0.39, 0.29) is 35.8 Å². The highest BCUT2D eigenvalue weighted by molar-refractivity contribution is 5.81. The molecule has 12 nitrogen and oxygen atoms in total. The second-order valence-corrected chi connectivity index (χ2v) is 6.75. The zero-order chi connectivity index (χ0) is 22.9. The van der Waals surface area contributed by atoms with Crippen molar-refractivity contribution in [2.24, 2.45) is 0 Å². The monoisotopic (exact) mass is 451 g/mol. The van der Waals surface area contributed by atoms with E-state index in [0.29, 0.717) is 0 Å². The normalized spacial score (nSPS) is 24.1. The van der Waals surface area contributed by atoms with Crippen LogP contribution >= 0.6 is 0 Å². The van der Waals surface area contributed by atoms with Gasteiger partial charge in [0.05, 0.1) is 25.2 Å². The van der Waals surface area contributed by atoms with E-state index in [1.807, 2.05) is 0 Å². The van der Waals surface area contributed by atoms with Crippen LogP contribution in [0.1, 0.15) is 11.8 Å². The lowest BCUT2D eigenvalue weighted by Crippen LogP contribution is -2.38. The van der Waals surface area contributed by atoms with Crippen molar-refractivity contribution >= 4 is 22.9 Å². The van der Waals surface area contributed by atoms with Gasteiger partial charge >= 0.3 is 12.1 Å². The van der Waals surface area contributed by atoms with E-state index in [1.165, 1.54) is 10.8 Å². The van der Waals surface area contributed by atoms with Crippen molar-refractivity contribution in [2.75, 3.05) is 25.5 Å². The van der Waals surface area contributed by atoms with Crippen molar-refractivity contribution in [1.29, 1.82) is 0 Å². The van der Waals surface area contributed by atoms with Crippen LogP contribution in [-0.4, -0.2) is 80.0 Å². The first-order valence-electron chi connectivity index (χ1n) is 8.99. The van der Waals surface area contributed by atoms with E-state index >= 15 is 0 Å². The molecule has 1 saturated heterocycles. The van der Waals surface area contributed by atoms with E-state index in [2.05, 4.69) is 9.97 Å². The van der Waals surface area contributed by atoms with Crippen molar-refractivity contribution in [3.63, 3.8) is 0 Å². The second kappa shape index (κ2) is 8.80. The zero-order valence-electron chi connectivity index (χ0n) is 15.8. The van der Waals surface area contributed by atoms with Crippen molar-refractivity contribution in [1.82, 2.24) is 19.9 Å². The first-order valence-corrected chi connectivity index (χ1v) is 8.99. The molecule has 0 bridgehead atoms. The number of anilines is 1. The predicted molar refractivity (Wildman–Crippen MR) is 96.5 cm³/mol. The second-order valence-electron chi connectivity index (χ2n) is 6.75. The number of nitrogens with two attached hydrogens (primary N) is 1. The van der Waals surface area contributed by atoms with Gasteiger partial charge in [0.1, 0.15) is 18.3 Å². The molecule has 7 N–H and O–H groups in total. The Hall–Kier alpha value is -2.72. The summed E-state index contributed by atoms with van der Waals surface area (Å²) in [5.74, 6) is -2.33. The molecular weight excluding hydrogens is 431 g/mol. The van der Waals surface area contributed by atoms with Gasteiger partial charge in [-0.1, -0.05) is 0 Å². The number of hydrogen-bond acceptors (Lipinski definition) is 9. The summed E-state index contributed by atoms with van der Waals surface area (Å²) < 4.78 is 48.4. The molecule has 4 atom stereocenters. The molecule has 0 aliphatic carbocycles. The maximum atomic E-state index is 12.4. The molecule has 2 aromatic heterocycles. The summed E-state index contributed by atoms with van der Waals surface area (Å²) in [4.78, 5) is 29.5. The van der Waals surface area contributed by atoms with Crippen LogP contribution in [0.4, 0.5) is 19.1 Å². The van der Waals surface area contributed by atoms with Crippen LogP contribution in [0.5, 0.6) is 0 Å². The van der Waals surface area contributed by atoms with Gasteiger partial charge in [-0.3, -0.25) is 14.6 Å². The minimum Gasteiger partial charge on any atom is -0.394 e. The van der Waals surface area contributed by atoms with Gasteiger partial charge in [0.25, 0.3) is 5.56 Å². The molecule has 0 saturated carbocycles. The first kappa shape index (κ1) is 23.0. The lowest BCUT2D eigenvalue weighted by Gasteiger charge is -2.17. The number of rotatable bonds is 7. The Labute approximate surface area is 171 Å². The number of carbonyl (C=O) groups is 1. The standard InChI is InChI=1S/C16H20F3N5O7/c17-16(18,19)14(29)21-1-2-30-5-6-3-24(11-8(6)12(28)23-15(20)22-11)13-10(27)9(26)7(4-25)31-13/h3,7,9-10,13,25-27H,1-2,4-5H2,(H,21,29)(H3,20,22,23,28). The SMILES string of the molecule is Nc1nc2c(c(COCCNC(=O)C(F)(F)F)cn2C2OC(CO)C(O)C2O)c(=O)[nH]1. The molecule has 31 heavy (non-hydrogen) atoms. The number of aliphatic hydroxyl groups is 3. The van der Waals surface area contributed by atoms with Gasteiger partial charge in [0, 0.05) is 18.3 Å². The first-order chi connectivity index (χ1) is 14.5. The van der Waals surface area contributed by atoms with Crippen LogP contribution in [0, 0.1) is 0 Å². The molecule has 1 aliphatic rings. The summed E-state index contributed by atoms with van der Waals surface area (Å²) >= 11 is 0. The number of H-pyrrole nitrogens is 1. The number of amides is 1. The fourth-order valence-corrected chi connectivity index (χ4v) is 3.18. The molecule has 0 spiro atoms. The number of nitrogen functional groups attached to an aromatic ring is 1. The molecule has 4 unspecified atom stereocenters. The number of aliphatic hydroxyl groups excluding tert-OH is 3. The third kappa shape index (κ3) is 4.64. The van der Waals surface area contributed by atoms with Crippen molar-refractivity contribution in [3.05, 3.63) is 22.1 Å². The Morgan fingerprint density at radius 1 is 1.39 bits per heavy atom. The van der Waals surface area contributed by atoms with Crippen LogP contribution in [0.2, 0.25) is 0 Å². The van der Waals surface area contributed by atoms with Crippen molar-refractivity contribution in [3.8, 4) is 0 Å². The summed E-state index contributed by atoms with van der Waals surface area (Å²) in [7, 11) is 0. The number of halogens is 3. The number of aromatic nitrogens is 3. The summed E-state index contributed by atoms with van der Waals surface area (Å²) in [6, 6.07) is 0. The van der Waals surface area contributed by atoms with Crippen LogP contribution in [0.25, 0.3) is 11.0 Å². The number of hydrogen-bond donors (Lipinski definition) is 6. The fourth-order valence-electron chi connectivity index (χ4n) is 3.18. The maximum Gasteiger partial charge on any atom is 0.471 e. The minimum atomic E-state index is -5.01. The smallest absolute Gasteiger partial charge is 0.394 e. The number of nitrogens with one attached hydrogen (secondary N) is 2. The summed E-state index contributed by atoms with van der Waals surface area (Å²) in [5, 5.41) is 31.2. The molecule has 15 heteroatoms. The van der Waals surface area contributed by atoms with Gasteiger partial charge in [-0.15, -0.1) is 0 Å². The van der Waals surface area contributed by atoms with E-state index in [1.54, 1.807) is 5.32 Å². The van der Waals surface area contributed by atoms with Gasteiger partial charge in [-0.2, -0.15) is 18.2 Å². The van der Waals surface area contributed by atoms with E-state index in [9.17, 15) is 38.1 Å². The highest BCUT2D eigenvalue weighted by Gasteiger charge is 2.44. The van der Waals surface area contributed by atoms with Gasteiger partial charge in [-0.25, -0.2) is 0 Å². The van der Waals surface area contributed by atoms with Crippen molar-refractivity contribution < 1.29 is 42.8 Å². The van der Waals surface area contributed by atoms with Crippen LogP contribution in [0.3, 0.4) is 0 Å². The Morgan fingerprint density at radius 3 is 2.71 bits per heavy atom. The van der Waals surface area contributed by atoms with E-state index in [4.69, 9.17) is 15.2 Å². The molecule has 0 radical (unpaired) electrons. The molecule has 1 fully saturated rings. The van der Waals surface area contributed by atoms with Gasteiger partial charge in [-0.05, 0) is 0 Å². The minimum absolute atomic E-state index is 0.0000592. The Kier molecular flexibility index (Phi) is 6.51. The summed E-state index contributed by atoms with van der Waals surface area (Å²) in [6.45, 7) is -1.53. The molecule has 1 amide bonds. The van der Waals surface area contributed by atoms with Gasteiger partial charge in [0.15, 0.2) is 11.9 Å². The number of alkyl halides is 3. The fraction of sp³-hybridized carbons (Fsp3) is 0.562. The number of ether oxygens (including phenoxy) is 2. The average Bonchev–Trinajstić information content (AvgIpc) is 3.18. The number of carbonyl (C=O) groups excluding carboxylic acids is 1. The predicted octanol–water partition coefficient (Wildman–Crippen LogP) is -1.89. The maximum absolute atomic E-state index is 12.4. The van der Waals surface area contributed by atoms with E-state index < -0.39 is 55.3 Å². The molecule has 2 aromatic rings. The number of fused-ring (bicyclic) bond motifs is 1. The molecule has 3 rings (SSSR count). The molecular formula is C16H20F3N5O7. The quantitative estimate of drug-likeness (QED) is 0.262. The van der Waals surface area contributed by atoms with Crippen LogP contribution in [-0.2, 0) is 20.9 Å². The molecule has 172 valence electrons. The van der Waals surface area contributed by atoms with Crippen LogP contribution in [0.15, 0.2) is 11.0 Å². The lowest BCUT2D eigenvalue weighted by atomic mass is 10.1. The van der Waals surface area contributed by atoms with Gasteiger partial charge < -0.3 is 40.4 Å². The third-order valence-electron chi connectivity index (χ3n) is 4.62. The zero-order valence-corrected chi connectivity index (χ0v) is 15.8. The van der Waals surface area contributed by atoms with Gasteiger partial charge in [0.2, 0.25) is 5.95 Å². The molecule has 3 heterocycles. The Bertz CT molecular complexity index is 1010. The summed E-state index contributed by atoms with van der Waals surface area (Å²) in [6.07, 6.45) is -8.80. The Morgan fingerprint density at radius 2 is 2.10 bits per heavy atom. The number of aromatic amines is 1. The largest absolute Gasteiger partial charge is 0.471 e. The van der Waals surface area contributed by atoms with Crippen LogP contribution < -0.4 is 16.6 Å². The molecule has 0 aromatic carbocycles. The lowest BCUT2D eigenvalue weighted by molar-refractivity contribution is -0.173.